The number of carbonyl (C=O) groups is 4. The maximum absolute atomic E-state index is 11.5. The molecule has 1 rings (SSSR count). The summed E-state index contributed by atoms with van der Waals surface area (Å²) in [5.41, 5.74) is 0. The van der Waals surface area contributed by atoms with Gasteiger partial charge in [0, 0.05) is 25.8 Å². The number of carboxylic acid groups (broad SMARTS) is 1. The molecule has 2 atom stereocenters. The van der Waals surface area contributed by atoms with Crippen molar-refractivity contribution in [2.45, 2.75) is 38.3 Å². The standard InChI is InChI=1S/C11H16N2O6/c1-6(14)10(11(18)19)12-7(15)4-5-13-8(16)2-3-9(13)17/h6,10,14H,2-5H2,1H3,(H,12,15)(H,18,19)/t6-,10+/m1/s1. The van der Waals surface area contributed by atoms with Crippen molar-refractivity contribution in [2.24, 2.45) is 0 Å². The van der Waals surface area contributed by atoms with Crippen molar-refractivity contribution in [3.8, 4) is 0 Å². The van der Waals surface area contributed by atoms with E-state index < -0.39 is 24.0 Å². The first-order valence-electron chi connectivity index (χ1n) is 5.86. The Bertz CT molecular complexity index is 390. The van der Waals surface area contributed by atoms with Crippen molar-refractivity contribution in [1.29, 1.82) is 0 Å². The Morgan fingerprint density at radius 2 is 1.84 bits per heavy atom. The molecule has 106 valence electrons. The molecule has 8 nitrogen and oxygen atoms in total. The van der Waals surface area contributed by atoms with Crippen LogP contribution in [-0.4, -0.2) is 57.5 Å². The molecule has 1 heterocycles. The average molecular weight is 272 g/mol. The molecule has 1 aliphatic rings. The quantitative estimate of drug-likeness (QED) is 0.504. The summed E-state index contributed by atoms with van der Waals surface area (Å²) in [6.07, 6.45) is -1.14. The number of aliphatic hydroxyl groups excluding tert-OH is 1. The van der Waals surface area contributed by atoms with E-state index in [4.69, 9.17) is 5.11 Å². The number of rotatable bonds is 6. The molecule has 1 aliphatic heterocycles. The van der Waals surface area contributed by atoms with Crippen LogP contribution in [0.4, 0.5) is 0 Å². The summed E-state index contributed by atoms with van der Waals surface area (Å²) >= 11 is 0. The Labute approximate surface area is 109 Å². The summed E-state index contributed by atoms with van der Waals surface area (Å²) in [6, 6.07) is -1.41. The minimum absolute atomic E-state index is 0.0738. The number of nitrogens with zero attached hydrogens (tertiary/aromatic N) is 1. The Morgan fingerprint density at radius 3 is 2.26 bits per heavy atom. The first-order valence-corrected chi connectivity index (χ1v) is 5.86. The Kier molecular flexibility index (Phi) is 4.99. The van der Waals surface area contributed by atoms with Crippen molar-refractivity contribution in [3.05, 3.63) is 0 Å². The molecule has 0 aromatic heterocycles. The van der Waals surface area contributed by atoms with Crippen molar-refractivity contribution in [3.63, 3.8) is 0 Å². The number of imide groups is 1. The van der Waals surface area contributed by atoms with Crippen LogP contribution in [0.3, 0.4) is 0 Å². The molecule has 0 spiro atoms. The lowest BCUT2D eigenvalue weighted by Gasteiger charge is -2.18. The number of aliphatic hydroxyl groups is 1. The zero-order chi connectivity index (χ0) is 14.6. The molecule has 0 saturated carbocycles. The highest BCUT2D eigenvalue weighted by Crippen LogP contribution is 2.11. The lowest BCUT2D eigenvalue weighted by atomic mass is 10.2. The van der Waals surface area contributed by atoms with Gasteiger partial charge in [-0.25, -0.2) is 4.79 Å². The third kappa shape index (κ3) is 4.02. The number of nitrogens with one attached hydrogen (secondary N) is 1. The second-order valence-corrected chi connectivity index (χ2v) is 4.31. The van der Waals surface area contributed by atoms with E-state index in [1.165, 1.54) is 6.92 Å². The summed E-state index contributed by atoms with van der Waals surface area (Å²) in [7, 11) is 0. The molecule has 0 unspecified atom stereocenters. The number of carbonyl (C=O) groups excluding carboxylic acids is 3. The van der Waals surface area contributed by atoms with E-state index in [0.717, 1.165) is 4.90 Å². The van der Waals surface area contributed by atoms with E-state index in [0.29, 0.717) is 0 Å². The van der Waals surface area contributed by atoms with Gasteiger partial charge in [-0.05, 0) is 6.92 Å². The van der Waals surface area contributed by atoms with Gasteiger partial charge in [0.1, 0.15) is 0 Å². The van der Waals surface area contributed by atoms with Crippen molar-refractivity contribution in [2.75, 3.05) is 6.54 Å². The van der Waals surface area contributed by atoms with Crippen LogP contribution in [0.25, 0.3) is 0 Å². The predicted molar refractivity (Wildman–Crippen MR) is 61.8 cm³/mol. The largest absolute Gasteiger partial charge is 0.480 e. The molecular weight excluding hydrogens is 256 g/mol. The van der Waals surface area contributed by atoms with Gasteiger partial charge in [0.05, 0.1) is 6.10 Å². The Morgan fingerprint density at radius 1 is 1.32 bits per heavy atom. The van der Waals surface area contributed by atoms with Crippen LogP contribution >= 0.6 is 0 Å². The Hall–Kier alpha value is -1.96. The monoisotopic (exact) mass is 272 g/mol. The molecule has 1 saturated heterocycles. The van der Waals surface area contributed by atoms with E-state index in [9.17, 15) is 24.3 Å². The molecule has 0 aliphatic carbocycles. The van der Waals surface area contributed by atoms with Crippen LogP contribution in [0.1, 0.15) is 26.2 Å². The van der Waals surface area contributed by atoms with Gasteiger partial charge in [0.2, 0.25) is 17.7 Å². The van der Waals surface area contributed by atoms with Crippen molar-refractivity contribution < 1.29 is 29.4 Å². The van der Waals surface area contributed by atoms with Gasteiger partial charge in [0.25, 0.3) is 0 Å². The summed E-state index contributed by atoms with van der Waals surface area (Å²) in [6.45, 7) is 1.17. The molecule has 0 radical (unpaired) electrons. The Balaban J connectivity index is 2.45. The van der Waals surface area contributed by atoms with Crippen LogP contribution in [0.2, 0.25) is 0 Å². The highest BCUT2D eigenvalue weighted by molar-refractivity contribution is 6.02. The fourth-order valence-corrected chi connectivity index (χ4v) is 1.72. The van der Waals surface area contributed by atoms with Gasteiger partial charge in [-0.15, -0.1) is 0 Å². The molecule has 19 heavy (non-hydrogen) atoms. The molecule has 1 fully saturated rings. The second-order valence-electron chi connectivity index (χ2n) is 4.31. The minimum Gasteiger partial charge on any atom is -0.480 e. The second kappa shape index (κ2) is 6.28. The highest BCUT2D eigenvalue weighted by atomic mass is 16.4. The zero-order valence-electron chi connectivity index (χ0n) is 10.5. The fraction of sp³-hybridized carbons (Fsp3) is 0.636. The number of likely N-dealkylation sites (tertiary alicyclic amines) is 1. The van der Waals surface area contributed by atoms with Crippen LogP contribution in [-0.2, 0) is 19.2 Å². The molecule has 0 bridgehead atoms. The number of hydrogen-bond donors (Lipinski definition) is 3. The molecule has 3 amide bonds. The third-order valence-corrected chi connectivity index (χ3v) is 2.78. The van der Waals surface area contributed by atoms with Gasteiger partial charge in [-0.2, -0.15) is 0 Å². The number of aliphatic carboxylic acids is 1. The van der Waals surface area contributed by atoms with E-state index >= 15 is 0 Å². The van der Waals surface area contributed by atoms with E-state index in [1.807, 2.05) is 0 Å². The van der Waals surface area contributed by atoms with E-state index in [-0.39, 0.29) is 37.6 Å². The lowest BCUT2D eigenvalue weighted by molar-refractivity contribution is -0.145. The van der Waals surface area contributed by atoms with Crippen molar-refractivity contribution in [1.82, 2.24) is 10.2 Å². The summed E-state index contributed by atoms with van der Waals surface area (Å²) < 4.78 is 0. The van der Waals surface area contributed by atoms with Gasteiger partial charge >= 0.3 is 5.97 Å². The highest BCUT2D eigenvalue weighted by Gasteiger charge is 2.30. The summed E-state index contributed by atoms with van der Waals surface area (Å²) in [4.78, 5) is 45.8. The first kappa shape index (κ1) is 15.1. The zero-order valence-corrected chi connectivity index (χ0v) is 10.5. The van der Waals surface area contributed by atoms with Crippen LogP contribution in [0, 0.1) is 0 Å². The van der Waals surface area contributed by atoms with Gasteiger partial charge < -0.3 is 15.5 Å². The average Bonchev–Trinajstić information content (AvgIpc) is 2.62. The predicted octanol–water partition coefficient (Wildman–Crippen LogP) is -1.52. The van der Waals surface area contributed by atoms with Crippen LogP contribution in [0.15, 0.2) is 0 Å². The SMILES string of the molecule is C[C@@H](O)[C@H](NC(=O)CCN1C(=O)CCC1=O)C(=O)O. The van der Waals surface area contributed by atoms with E-state index in [2.05, 4.69) is 5.32 Å². The van der Waals surface area contributed by atoms with Gasteiger partial charge in [-0.3, -0.25) is 19.3 Å². The number of carboxylic acids is 1. The number of hydrogen-bond acceptors (Lipinski definition) is 5. The van der Waals surface area contributed by atoms with Gasteiger partial charge in [0.15, 0.2) is 6.04 Å². The van der Waals surface area contributed by atoms with E-state index in [1.54, 1.807) is 0 Å². The topological polar surface area (TPSA) is 124 Å². The molecule has 0 aromatic rings. The summed E-state index contributed by atoms with van der Waals surface area (Å²) in [5, 5.41) is 20.1. The molecule has 3 N–H and O–H groups in total. The molecule has 0 aromatic carbocycles. The lowest BCUT2D eigenvalue weighted by Crippen LogP contribution is -2.48. The first-order chi connectivity index (χ1) is 8.82. The normalized spacial score (nSPS) is 18.3. The van der Waals surface area contributed by atoms with Crippen LogP contribution in [0.5, 0.6) is 0 Å². The third-order valence-electron chi connectivity index (χ3n) is 2.78. The van der Waals surface area contributed by atoms with Crippen LogP contribution < -0.4 is 5.32 Å². The van der Waals surface area contributed by atoms with Gasteiger partial charge in [-0.1, -0.05) is 0 Å². The summed E-state index contributed by atoms with van der Waals surface area (Å²) in [5.74, 6) is -2.65. The molecule has 8 heteroatoms. The maximum Gasteiger partial charge on any atom is 0.328 e. The van der Waals surface area contributed by atoms with Crippen molar-refractivity contribution >= 4 is 23.7 Å². The maximum atomic E-state index is 11.5. The number of amides is 3. The fourth-order valence-electron chi connectivity index (χ4n) is 1.72. The molecular formula is C11H16N2O6. The minimum atomic E-state index is -1.41. The smallest absolute Gasteiger partial charge is 0.328 e.